The highest BCUT2D eigenvalue weighted by Crippen LogP contribution is 2.10. The second kappa shape index (κ2) is 1.17. The zero-order valence-electron chi connectivity index (χ0n) is 3.29. The average molecular weight is 93.1 g/mol. The normalized spacial score (nSPS) is 12.0. The van der Waals surface area contributed by atoms with E-state index >= 15 is 0 Å². The minimum absolute atomic E-state index is 1.34. The molecule has 0 saturated heterocycles. The van der Waals surface area contributed by atoms with E-state index in [4.69, 9.17) is 0 Å². The van der Waals surface area contributed by atoms with E-state index in [2.05, 4.69) is 12.6 Å². The summed E-state index contributed by atoms with van der Waals surface area (Å²) >= 11 is 4.16. The lowest BCUT2D eigenvalue weighted by atomic mass is 10.5. The standard InChI is InChI=1S/C3H6FS/c1-3(2,4)5/h1-2H3. The molecule has 31 valence electrons. The summed E-state index contributed by atoms with van der Waals surface area (Å²) in [7, 11) is 0. The number of rotatable bonds is 0. The van der Waals surface area contributed by atoms with Crippen LogP contribution in [0.2, 0.25) is 0 Å². The summed E-state index contributed by atoms with van der Waals surface area (Å²) in [6.45, 7) is 2.67. The van der Waals surface area contributed by atoms with E-state index in [1.54, 1.807) is 0 Å². The van der Waals surface area contributed by atoms with E-state index in [1.807, 2.05) is 0 Å². The summed E-state index contributed by atoms with van der Waals surface area (Å²) in [5.74, 6) is 0. The van der Waals surface area contributed by atoms with Gasteiger partial charge in [0.25, 0.3) is 0 Å². The van der Waals surface area contributed by atoms with Crippen LogP contribution in [0.1, 0.15) is 13.8 Å². The van der Waals surface area contributed by atoms with Crippen LogP contribution in [0.4, 0.5) is 4.39 Å². The van der Waals surface area contributed by atoms with Crippen molar-refractivity contribution in [2.75, 3.05) is 0 Å². The molecule has 0 rings (SSSR count). The molecule has 1 radical (unpaired) electrons. The zero-order valence-corrected chi connectivity index (χ0v) is 4.10. The highest BCUT2D eigenvalue weighted by molar-refractivity contribution is 7.81. The summed E-state index contributed by atoms with van der Waals surface area (Å²) < 4.78 is 11.5. The first-order valence-corrected chi connectivity index (χ1v) is 1.80. The Labute approximate surface area is 36.8 Å². The maximum atomic E-state index is 11.5. The Kier molecular flexibility index (Phi) is 1.23. The van der Waals surface area contributed by atoms with Crippen molar-refractivity contribution in [3.8, 4) is 0 Å². The van der Waals surface area contributed by atoms with Gasteiger partial charge in [-0.15, -0.1) is 0 Å². The summed E-state index contributed by atoms with van der Waals surface area (Å²) in [4.78, 5) is 0. The molecule has 5 heavy (non-hydrogen) atoms. The van der Waals surface area contributed by atoms with Crippen LogP contribution in [0.3, 0.4) is 0 Å². The van der Waals surface area contributed by atoms with Crippen molar-refractivity contribution in [1.29, 1.82) is 0 Å². The number of hydrogen-bond acceptors (Lipinski definition) is 0. The topological polar surface area (TPSA) is 0 Å². The van der Waals surface area contributed by atoms with Crippen LogP contribution in [-0.2, 0) is 0 Å². The molecule has 0 spiro atoms. The van der Waals surface area contributed by atoms with Crippen LogP contribution in [-0.4, -0.2) is 5.00 Å². The lowest BCUT2D eigenvalue weighted by molar-refractivity contribution is 0.349. The predicted octanol–water partition coefficient (Wildman–Crippen LogP) is 1.89. The highest BCUT2D eigenvalue weighted by atomic mass is 32.1. The Bertz CT molecular complexity index is 22.4. The Morgan fingerprint density at radius 3 is 1.60 bits per heavy atom. The van der Waals surface area contributed by atoms with Gasteiger partial charge in [0.1, 0.15) is 0 Å². The summed E-state index contributed by atoms with van der Waals surface area (Å²) in [6.07, 6.45) is 0. The third kappa shape index (κ3) is 284. The smallest absolute Gasteiger partial charge is 0.160 e. The van der Waals surface area contributed by atoms with Crippen molar-refractivity contribution < 1.29 is 4.39 Å². The molecule has 0 amide bonds. The third-order valence-electron chi connectivity index (χ3n) is 0. The third-order valence-corrected chi connectivity index (χ3v) is 0. The monoisotopic (exact) mass is 93.0 g/mol. The van der Waals surface area contributed by atoms with Crippen LogP contribution >= 0.6 is 12.6 Å². The van der Waals surface area contributed by atoms with Crippen LogP contribution in [0.25, 0.3) is 0 Å². The molecule has 0 saturated carbocycles. The predicted molar refractivity (Wildman–Crippen MR) is 22.8 cm³/mol. The number of alkyl halides is 1. The molecule has 0 fully saturated rings. The first kappa shape index (κ1) is 5.28. The first-order chi connectivity index (χ1) is 2.00. The Hall–Kier alpha value is 0.280. The van der Waals surface area contributed by atoms with Gasteiger partial charge in [0.15, 0.2) is 5.00 Å². The van der Waals surface area contributed by atoms with Gasteiger partial charge < -0.3 is 0 Å². The maximum Gasteiger partial charge on any atom is 0.160 e. The van der Waals surface area contributed by atoms with Crippen LogP contribution < -0.4 is 0 Å². The fraction of sp³-hybridized carbons (Fsp3) is 1.00. The quantitative estimate of drug-likeness (QED) is 0.429. The van der Waals surface area contributed by atoms with E-state index in [9.17, 15) is 4.39 Å². The minimum Gasteiger partial charge on any atom is -0.232 e. The molecule has 0 aromatic carbocycles. The van der Waals surface area contributed by atoms with Crippen LogP contribution in [0.15, 0.2) is 0 Å². The molecule has 0 aromatic rings. The van der Waals surface area contributed by atoms with Gasteiger partial charge in [-0.25, -0.2) is 4.39 Å². The molecule has 0 bridgehead atoms. The molecule has 0 aliphatic heterocycles. The molecule has 0 nitrogen and oxygen atoms in total. The molecule has 0 atom stereocenters. The van der Waals surface area contributed by atoms with Crippen molar-refractivity contribution in [3.63, 3.8) is 0 Å². The van der Waals surface area contributed by atoms with Crippen LogP contribution in [0, 0.1) is 0 Å². The molecule has 0 unspecified atom stereocenters. The molecule has 0 aromatic heterocycles. The van der Waals surface area contributed by atoms with E-state index in [-0.39, 0.29) is 0 Å². The number of hydrogen-bond donors (Lipinski definition) is 0. The van der Waals surface area contributed by atoms with Crippen molar-refractivity contribution in [2.45, 2.75) is 18.8 Å². The van der Waals surface area contributed by atoms with Crippen molar-refractivity contribution in [2.24, 2.45) is 0 Å². The Balaban J connectivity index is 3.02. The Morgan fingerprint density at radius 1 is 1.60 bits per heavy atom. The molecule has 2 heteroatoms. The maximum absolute atomic E-state index is 11.5. The Morgan fingerprint density at radius 2 is 1.60 bits per heavy atom. The fourth-order valence-electron chi connectivity index (χ4n) is 0. The lowest BCUT2D eigenvalue weighted by Gasteiger charge is -1.96. The van der Waals surface area contributed by atoms with Gasteiger partial charge in [0.2, 0.25) is 0 Å². The average Bonchev–Trinajstić information content (AvgIpc) is 0.722. The van der Waals surface area contributed by atoms with Gasteiger partial charge in [0, 0.05) is 0 Å². The zero-order chi connectivity index (χ0) is 4.50. The van der Waals surface area contributed by atoms with E-state index in [0.717, 1.165) is 0 Å². The van der Waals surface area contributed by atoms with E-state index < -0.39 is 5.00 Å². The van der Waals surface area contributed by atoms with Crippen molar-refractivity contribution >= 4 is 12.6 Å². The van der Waals surface area contributed by atoms with E-state index in [1.165, 1.54) is 13.8 Å². The van der Waals surface area contributed by atoms with Crippen LogP contribution in [0.5, 0.6) is 0 Å². The van der Waals surface area contributed by atoms with Gasteiger partial charge in [0.05, 0.1) is 0 Å². The second-order valence-electron chi connectivity index (χ2n) is 1.36. The minimum atomic E-state index is -1.42. The molecular weight excluding hydrogens is 87.1 g/mol. The molecule has 0 heterocycles. The van der Waals surface area contributed by atoms with Gasteiger partial charge in [-0.1, -0.05) is 12.6 Å². The summed E-state index contributed by atoms with van der Waals surface area (Å²) in [5.41, 5.74) is 0. The second-order valence-corrected chi connectivity index (χ2v) is 2.33. The van der Waals surface area contributed by atoms with Gasteiger partial charge >= 0.3 is 0 Å². The molecular formula is C3H6FS. The lowest BCUT2D eigenvalue weighted by Crippen LogP contribution is -1.96. The SMILES string of the molecule is CC(C)(F)[S]. The molecule has 0 N–H and O–H groups in total. The highest BCUT2D eigenvalue weighted by Gasteiger charge is 2.05. The largest absolute Gasteiger partial charge is 0.232 e. The van der Waals surface area contributed by atoms with E-state index in [0.29, 0.717) is 0 Å². The molecule has 0 aliphatic rings. The number of halogens is 1. The van der Waals surface area contributed by atoms with Crippen molar-refractivity contribution in [3.05, 3.63) is 0 Å². The first-order valence-electron chi connectivity index (χ1n) is 1.39. The summed E-state index contributed by atoms with van der Waals surface area (Å²) in [6, 6.07) is 0. The summed E-state index contributed by atoms with van der Waals surface area (Å²) in [5, 5.41) is -1.42. The van der Waals surface area contributed by atoms with Gasteiger partial charge in [-0.2, -0.15) is 0 Å². The van der Waals surface area contributed by atoms with Gasteiger partial charge in [-0.05, 0) is 13.8 Å². The van der Waals surface area contributed by atoms with Gasteiger partial charge in [-0.3, -0.25) is 0 Å². The molecule has 0 aliphatic carbocycles. The van der Waals surface area contributed by atoms with Crippen molar-refractivity contribution in [1.82, 2.24) is 0 Å². The fourth-order valence-corrected chi connectivity index (χ4v) is 0.